The number of hydrogen-bond donors (Lipinski definition) is 1. The van der Waals surface area contributed by atoms with Crippen LogP contribution in [0.5, 0.6) is 5.75 Å². The number of benzene rings is 3. The van der Waals surface area contributed by atoms with Crippen LogP contribution in [0.4, 0.5) is 0 Å². The number of amides is 1. The highest BCUT2D eigenvalue weighted by Gasteiger charge is 2.15. The van der Waals surface area contributed by atoms with E-state index in [2.05, 4.69) is 20.8 Å². The lowest BCUT2D eigenvalue weighted by Crippen LogP contribution is -2.24. The van der Waals surface area contributed by atoms with Gasteiger partial charge in [-0.25, -0.2) is 0 Å². The number of hydrogen-bond acceptors (Lipinski definition) is 6. The molecule has 0 unspecified atom stereocenters. The minimum atomic E-state index is -0.139. The van der Waals surface area contributed by atoms with Gasteiger partial charge in [0.05, 0.1) is 23.1 Å². The van der Waals surface area contributed by atoms with E-state index in [-0.39, 0.29) is 12.0 Å². The van der Waals surface area contributed by atoms with Gasteiger partial charge in [-0.1, -0.05) is 48.5 Å². The maximum atomic E-state index is 13.0. The van der Waals surface area contributed by atoms with E-state index in [4.69, 9.17) is 4.74 Å². The molecule has 7 nitrogen and oxygen atoms in total. The third-order valence-electron chi connectivity index (χ3n) is 4.80. The van der Waals surface area contributed by atoms with Gasteiger partial charge in [0, 0.05) is 17.0 Å². The average Bonchev–Trinajstić information content (AvgIpc) is 3.31. The number of rotatable bonds is 9. The zero-order chi connectivity index (χ0) is 23.0. The summed E-state index contributed by atoms with van der Waals surface area (Å²) < 4.78 is 7.57. The second kappa shape index (κ2) is 10.8. The summed E-state index contributed by atoms with van der Waals surface area (Å²) in [6.45, 7) is 4.35. The topological polar surface area (TPSA) is 81.9 Å². The van der Waals surface area contributed by atoms with Gasteiger partial charge in [-0.2, -0.15) is 4.68 Å². The molecule has 0 spiro atoms. The normalized spacial score (nSPS) is 10.9. The number of nitrogens with one attached hydrogen (secondary N) is 1. The van der Waals surface area contributed by atoms with Gasteiger partial charge in [-0.05, 0) is 54.6 Å². The average molecular weight is 460 g/mol. The summed E-state index contributed by atoms with van der Waals surface area (Å²) in [5.41, 5.74) is 2.45. The summed E-state index contributed by atoms with van der Waals surface area (Å²) in [5, 5.41) is 15.1. The van der Waals surface area contributed by atoms with Crippen molar-refractivity contribution in [2.75, 3.05) is 0 Å². The molecule has 0 aliphatic heterocycles. The van der Waals surface area contributed by atoms with Gasteiger partial charge in [-0.3, -0.25) is 4.79 Å². The van der Waals surface area contributed by atoms with E-state index in [0.29, 0.717) is 23.7 Å². The maximum Gasteiger partial charge on any atom is 0.252 e. The molecule has 3 aromatic carbocycles. The van der Waals surface area contributed by atoms with Gasteiger partial charge in [0.15, 0.2) is 5.82 Å². The van der Waals surface area contributed by atoms with Crippen LogP contribution >= 0.6 is 11.8 Å². The lowest BCUT2D eigenvalue weighted by atomic mass is 10.1. The molecule has 168 valence electrons. The van der Waals surface area contributed by atoms with E-state index in [9.17, 15) is 4.79 Å². The Morgan fingerprint density at radius 3 is 2.55 bits per heavy atom. The molecule has 1 N–H and O–H groups in total. The Bertz CT molecular complexity index is 1210. The number of nitrogens with zero attached hydrogens (tertiary/aromatic N) is 4. The van der Waals surface area contributed by atoms with E-state index in [1.54, 1.807) is 4.68 Å². The Balaban J connectivity index is 1.45. The second-order valence-electron chi connectivity index (χ2n) is 7.58. The molecule has 0 fully saturated rings. The van der Waals surface area contributed by atoms with Gasteiger partial charge >= 0.3 is 0 Å². The summed E-state index contributed by atoms with van der Waals surface area (Å²) in [6, 6.07) is 25.0. The van der Waals surface area contributed by atoms with Gasteiger partial charge in [0.1, 0.15) is 5.75 Å². The standard InChI is InChI=1S/C25H25N5O2S/c1-18(2)32-22-14-8-6-10-19(22)16-26-25(31)21-13-7-9-15-23(21)33-17-24-27-28-29-30(24)20-11-4-3-5-12-20/h3-15,18H,16-17H2,1-2H3,(H,26,31). The van der Waals surface area contributed by atoms with E-state index >= 15 is 0 Å². The highest BCUT2D eigenvalue weighted by Crippen LogP contribution is 2.26. The lowest BCUT2D eigenvalue weighted by molar-refractivity contribution is 0.0947. The van der Waals surface area contributed by atoms with E-state index < -0.39 is 0 Å². The number of tetrazole rings is 1. The zero-order valence-corrected chi connectivity index (χ0v) is 19.3. The molecular weight excluding hydrogens is 434 g/mol. The van der Waals surface area contributed by atoms with Crippen molar-refractivity contribution < 1.29 is 9.53 Å². The number of aromatic nitrogens is 4. The summed E-state index contributed by atoms with van der Waals surface area (Å²) in [5.74, 6) is 1.88. The third kappa shape index (κ3) is 5.78. The quantitative estimate of drug-likeness (QED) is 0.366. The third-order valence-corrected chi connectivity index (χ3v) is 5.87. The molecule has 4 aromatic rings. The first-order valence-electron chi connectivity index (χ1n) is 10.7. The van der Waals surface area contributed by atoms with Crippen molar-refractivity contribution in [3.63, 3.8) is 0 Å². The highest BCUT2D eigenvalue weighted by atomic mass is 32.2. The molecule has 0 bridgehead atoms. The number of thioether (sulfide) groups is 1. The van der Waals surface area contributed by atoms with Crippen LogP contribution in [0.1, 0.15) is 35.6 Å². The van der Waals surface area contributed by atoms with Crippen LogP contribution in [0.25, 0.3) is 5.69 Å². The van der Waals surface area contributed by atoms with Crippen molar-refractivity contribution in [2.24, 2.45) is 0 Å². The Morgan fingerprint density at radius 1 is 1.00 bits per heavy atom. The molecule has 33 heavy (non-hydrogen) atoms. The van der Waals surface area contributed by atoms with Gasteiger partial charge in [0.2, 0.25) is 0 Å². The Labute approximate surface area is 197 Å². The fraction of sp³-hybridized carbons (Fsp3) is 0.200. The molecule has 4 rings (SSSR count). The van der Waals surface area contributed by atoms with Gasteiger partial charge in [0.25, 0.3) is 5.91 Å². The molecule has 0 atom stereocenters. The van der Waals surface area contributed by atoms with Gasteiger partial charge < -0.3 is 10.1 Å². The SMILES string of the molecule is CC(C)Oc1ccccc1CNC(=O)c1ccccc1SCc1nnnn1-c1ccccc1. The zero-order valence-electron chi connectivity index (χ0n) is 18.5. The van der Waals surface area contributed by atoms with Crippen LogP contribution in [0.15, 0.2) is 83.8 Å². The Hall–Kier alpha value is -3.65. The van der Waals surface area contributed by atoms with Crippen molar-refractivity contribution in [1.82, 2.24) is 25.5 Å². The number of ether oxygens (including phenoxy) is 1. The lowest BCUT2D eigenvalue weighted by Gasteiger charge is -2.15. The van der Waals surface area contributed by atoms with Crippen molar-refractivity contribution in [3.05, 3.63) is 95.8 Å². The molecule has 0 aliphatic carbocycles. The summed E-state index contributed by atoms with van der Waals surface area (Å²) >= 11 is 1.53. The van der Waals surface area contributed by atoms with Crippen LogP contribution in [-0.2, 0) is 12.3 Å². The largest absolute Gasteiger partial charge is 0.491 e. The predicted molar refractivity (Wildman–Crippen MR) is 129 cm³/mol. The molecular formula is C25H25N5O2S. The summed E-state index contributed by atoms with van der Waals surface area (Å²) in [6.07, 6.45) is 0.0615. The van der Waals surface area contributed by atoms with Crippen molar-refractivity contribution in [1.29, 1.82) is 0 Å². The van der Waals surface area contributed by atoms with Crippen LogP contribution in [0.3, 0.4) is 0 Å². The van der Waals surface area contributed by atoms with Crippen LogP contribution in [0, 0.1) is 0 Å². The molecule has 0 saturated heterocycles. The van der Waals surface area contributed by atoms with Crippen molar-refractivity contribution in [2.45, 2.75) is 37.1 Å². The van der Waals surface area contributed by atoms with Gasteiger partial charge in [-0.15, -0.1) is 16.9 Å². The summed E-state index contributed by atoms with van der Waals surface area (Å²) in [7, 11) is 0. The smallest absolute Gasteiger partial charge is 0.252 e. The first-order valence-corrected chi connectivity index (χ1v) is 11.7. The molecule has 8 heteroatoms. The first-order chi connectivity index (χ1) is 16.1. The Kier molecular flexibility index (Phi) is 7.36. The number of carbonyl (C=O) groups is 1. The fourth-order valence-corrected chi connectivity index (χ4v) is 4.23. The molecule has 1 amide bonds. The van der Waals surface area contributed by atoms with E-state index in [1.807, 2.05) is 92.7 Å². The van der Waals surface area contributed by atoms with Crippen molar-refractivity contribution in [3.8, 4) is 11.4 Å². The van der Waals surface area contributed by atoms with Crippen molar-refractivity contribution >= 4 is 17.7 Å². The number of carbonyl (C=O) groups excluding carboxylic acids is 1. The predicted octanol–water partition coefficient (Wildman–Crippen LogP) is 4.67. The first kappa shape index (κ1) is 22.5. The maximum absolute atomic E-state index is 13.0. The molecule has 1 aromatic heterocycles. The molecule has 0 aliphatic rings. The monoisotopic (exact) mass is 459 g/mol. The minimum absolute atomic E-state index is 0.0615. The van der Waals surface area contributed by atoms with Crippen LogP contribution in [-0.4, -0.2) is 32.2 Å². The van der Waals surface area contributed by atoms with E-state index in [0.717, 1.165) is 21.9 Å². The Morgan fingerprint density at radius 2 is 1.73 bits per heavy atom. The molecule has 0 saturated carbocycles. The fourth-order valence-electron chi connectivity index (χ4n) is 3.28. The summed E-state index contributed by atoms with van der Waals surface area (Å²) in [4.78, 5) is 13.9. The van der Waals surface area contributed by atoms with E-state index in [1.165, 1.54) is 11.8 Å². The molecule has 1 heterocycles. The molecule has 0 radical (unpaired) electrons. The van der Waals surface area contributed by atoms with Crippen LogP contribution in [0.2, 0.25) is 0 Å². The van der Waals surface area contributed by atoms with Crippen LogP contribution < -0.4 is 10.1 Å². The number of para-hydroxylation sites is 2. The highest BCUT2D eigenvalue weighted by molar-refractivity contribution is 7.98. The second-order valence-corrected chi connectivity index (χ2v) is 8.60. The minimum Gasteiger partial charge on any atom is -0.491 e.